The second kappa shape index (κ2) is 6.17. The lowest BCUT2D eigenvalue weighted by Crippen LogP contribution is -2.22. The number of rotatable bonds is 4. The number of benzene rings is 1. The number of ether oxygens (including phenoxy) is 2. The molecule has 1 aliphatic heterocycles. The molecule has 0 unspecified atom stereocenters. The minimum atomic E-state index is -0.267. The Hall–Kier alpha value is -3.81. The normalized spacial score (nSPS) is 12.4. The Labute approximate surface area is 153 Å². The summed E-state index contributed by atoms with van der Waals surface area (Å²) in [4.78, 5) is 16.9. The van der Waals surface area contributed by atoms with E-state index in [0.29, 0.717) is 35.0 Å². The van der Waals surface area contributed by atoms with Gasteiger partial charge in [0.05, 0.1) is 24.7 Å². The Bertz CT molecular complexity index is 1130. The smallest absolute Gasteiger partial charge is 0.257 e. The standard InChI is InChI=1S/C19H14N4O4/c24-19(21-9-13-2-1-7-25-13)14-10-22-23-15(5-6-20-18(14)23)12-3-4-16-17(8-12)27-11-26-16/h1-8,10H,9,11H2,(H,21,24). The first kappa shape index (κ1) is 15.4. The first-order valence-corrected chi connectivity index (χ1v) is 8.33. The maximum Gasteiger partial charge on any atom is 0.257 e. The van der Waals surface area contributed by atoms with E-state index >= 15 is 0 Å². The number of carbonyl (C=O) groups excluding carboxylic acids is 1. The van der Waals surface area contributed by atoms with Crippen LogP contribution in [-0.4, -0.2) is 27.3 Å². The van der Waals surface area contributed by atoms with Crippen molar-refractivity contribution in [3.8, 4) is 22.8 Å². The number of hydrogen-bond acceptors (Lipinski definition) is 6. The van der Waals surface area contributed by atoms with E-state index in [9.17, 15) is 4.79 Å². The van der Waals surface area contributed by atoms with Gasteiger partial charge in [-0.05, 0) is 36.4 Å². The summed E-state index contributed by atoms with van der Waals surface area (Å²) in [6.45, 7) is 0.511. The third kappa shape index (κ3) is 2.67. The van der Waals surface area contributed by atoms with Crippen LogP contribution in [0.1, 0.15) is 16.1 Å². The molecule has 0 saturated heterocycles. The van der Waals surface area contributed by atoms with Gasteiger partial charge in [-0.1, -0.05) is 0 Å². The summed E-state index contributed by atoms with van der Waals surface area (Å²) in [5, 5.41) is 7.16. The van der Waals surface area contributed by atoms with Gasteiger partial charge in [0.2, 0.25) is 6.79 Å². The third-order valence-corrected chi connectivity index (χ3v) is 4.32. The predicted octanol–water partition coefficient (Wildman–Crippen LogP) is 2.65. The van der Waals surface area contributed by atoms with Crippen LogP contribution in [0.15, 0.2) is 59.5 Å². The van der Waals surface area contributed by atoms with E-state index in [4.69, 9.17) is 13.9 Å². The first-order valence-electron chi connectivity index (χ1n) is 8.33. The van der Waals surface area contributed by atoms with Crippen molar-refractivity contribution in [3.05, 3.63) is 66.4 Å². The molecule has 5 rings (SSSR count). The van der Waals surface area contributed by atoms with E-state index in [1.165, 1.54) is 6.20 Å². The highest BCUT2D eigenvalue weighted by molar-refractivity contribution is 5.99. The van der Waals surface area contributed by atoms with Gasteiger partial charge in [-0.3, -0.25) is 4.79 Å². The highest BCUT2D eigenvalue weighted by Crippen LogP contribution is 2.35. The summed E-state index contributed by atoms with van der Waals surface area (Å²) in [5.41, 5.74) is 2.55. The van der Waals surface area contributed by atoms with Gasteiger partial charge in [0.15, 0.2) is 17.1 Å². The van der Waals surface area contributed by atoms with Gasteiger partial charge in [0, 0.05) is 11.8 Å². The molecule has 27 heavy (non-hydrogen) atoms. The van der Waals surface area contributed by atoms with Crippen molar-refractivity contribution in [2.24, 2.45) is 0 Å². The van der Waals surface area contributed by atoms with Gasteiger partial charge in [-0.2, -0.15) is 5.10 Å². The summed E-state index contributed by atoms with van der Waals surface area (Å²) in [6, 6.07) is 11.1. The molecule has 0 radical (unpaired) electrons. The van der Waals surface area contributed by atoms with Crippen molar-refractivity contribution >= 4 is 11.6 Å². The summed E-state index contributed by atoms with van der Waals surface area (Å²) in [7, 11) is 0. The van der Waals surface area contributed by atoms with Gasteiger partial charge >= 0.3 is 0 Å². The molecule has 8 nitrogen and oxygen atoms in total. The van der Waals surface area contributed by atoms with Crippen molar-refractivity contribution in [2.75, 3.05) is 6.79 Å². The second-order valence-corrected chi connectivity index (χ2v) is 5.95. The van der Waals surface area contributed by atoms with Crippen LogP contribution >= 0.6 is 0 Å². The maximum atomic E-state index is 12.5. The van der Waals surface area contributed by atoms with Gasteiger partial charge in [0.1, 0.15) is 11.3 Å². The van der Waals surface area contributed by atoms with Crippen LogP contribution < -0.4 is 14.8 Å². The van der Waals surface area contributed by atoms with Gasteiger partial charge in [0.25, 0.3) is 5.91 Å². The average Bonchev–Trinajstić information content (AvgIpc) is 3.45. The van der Waals surface area contributed by atoms with Crippen LogP contribution in [0.2, 0.25) is 0 Å². The SMILES string of the molecule is O=C(NCc1ccco1)c1cnn2c(-c3ccc4c(c3)OCO4)ccnc12. The highest BCUT2D eigenvalue weighted by atomic mass is 16.7. The van der Waals surface area contributed by atoms with Crippen LogP contribution in [-0.2, 0) is 6.54 Å². The number of carbonyl (C=O) groups is 1. The molecule has 4 heterocycles. The highest BCUT2D eigenvalue weighted by Gasteiger charge is 2.18. The molecule has 3 aromatic heterocycles. The first-order chi connectivity index (χ1) is 13.3. The van der Waals surface area contributed by atoms with E-state index in [1.54, 1.807) is 29.1 Å². The third-order valence-electron chi connectivity index (χ3n) is 4.32. The minimum Gasteiger partial charge on any atom is -0.467 e. The van der Waals surface area contributed by atoms with Gasteiger partial charge < -0.3 is 19.2 Å². The van der Waals surface area contributed by atoms with E-state index in [1.807, 2.05) is 24.3 Å². The molecular weight excluding hydrogens is 348 g/mol. The summed E-state index contributed by atoms with van der Waals surface area (Å²) in [5.74, 6) is 1.80. The minimum absolute atomic E-state index is 0.215. The lowest BCUT2D eigenvalue weighted by atomic mass is 10.1. The number of furan rings is 1. The molecule has 0 atom stereocenters. The van der Waals surface area contributed by atoms with Crippen LogP contribution in [0.5, 0.6) is 11.5 Å². The quantitative estimate of drug-likeness (QED) is 0.600. The molecule has 1 N–H and O–H groups in total. The maximum absolute atomic E-state index is 12.5. The number of aromatic nitrogens is 3. The molecule has 0 aliphatic carbocycles. The van der Waals surface area contributed by atoms with Crippen LogP contribution in [0, 0.1) is 0 Å². The molecule has 1 aromatic carbocycles. The average molecular weight is 362 g/mol. The Kier molecular flexibility index (Phi) is 3.53. The van der Waals surface area contributed by atoms with Gasteiger partial charge in [-0.25, -0.2) is 9.50 Å². The van der Waals surface area contributed by atoms with Crippen molar-refractivity contribution in [1.29, 1.82) is 0 Å². The fourth-order valence-corrected chi connectivity index (χ4v) is 3.00. The summed E-state index contributed by atoms with van der Waals surface area (Å²) >= 11 is 0. The zero-order valence-electron chi connectivity index (χ0n) is 14.1. The predicted molar refractivity (Wildman–Crippen MR) is 94.4 cm³/mol. The molecule has 134 valence electrons. The zero-order chi connectivity index (χ0) is 18.2. The van der Waals surface area contributed by atoms with E-state index in [-0.39, 0.29) is 12.7 Å². The van der Waals surface area contributed by atoms with Crippen LogP contribution in [0.4, 0.5) is 0 Å². The summed E-state index contributed by atoms with van der Waals surface area (Å²) in [6.07, 6.45) is 4.73. The van der Waals surface area contributed by atoms with E-state index in [0.717, 1.165) is 11.3 Å². The van der Waals surface area contributed by atoms with Crippen molar-refractivity contribution in [2.45, 2.75) is 6.54 Å². The number of nitrogens with zero attached hydrogens (tertiary/aromatic N) is 3. The number of amides is 1. The molecule has 4 aromatic rings. The second-order valence-electron chi connectivity index (χ2n) is 5.95. The Morgan fingerprint density at radius 3 is 3.00 bits per heavy atom. The molecule has 0 spiro atoms. The van der Waals surface area contributed by atoms with E-state index in [2.05, 4.69) is 15.4 Å². The number of nitrogens with one attached hydrogen (secondary N) is 1. The number of fused-ring (bicyclic) bond motifs is 2. The lowest BCUT2D eigenvalue weighted by molar-refractivity contribution is 0.0949. The molecule has 8 heteroatoms. The van der Waals surface area contributed by atoms with Crippen LogP contribution in [0.25, 0.3) is 16.9 Å². The zero-order valence-corrected chi connectivity index (χ0v) is 14.1. The number of hydrogen-bond donors (Lipinski definition) is 1. The van der Waals surface area contributed by atoms with Gasteiger partial charge in [-0.15, -0.1) is 0 Å². The Balaban J connectivity index is 1.48. The Morgan fingerprint density at radius 1 is 1.19 bits per heavy atom. The lowest BCUT2D eigenvalue weighted by Gasteiger charge is -2.06. The van der Waals surface area contributed by atoms with E-state index < -0.39 is 0 Å². The van der Waals surface area contributed by atoms with Crippen molar-refractivity contribution < 1.29 is 18.7 Å². The molecule has 1 aliphatic rings. The van der Waals surface area contributed by atoms with Crippen LogP contribution in [0.3, 0.4) is 0 Å². The molecule has 0 saturated carbocycles. The molecule has 1 amide bonds. The largest absolute Gasteiger partial charge is 0.467 e. The topological polar surface area (TPSA) is 90.9 Å². The fourth-order valence-electron chi connectivity index (χ4n) is 3.00. The molecule has 0 fully saturated rings. The molecule has 0 bridgehead atoms. The summed E-state index contributed by atoms with van der Waals surface area (Å²) < 4.78 is 17.7. The van der Waals surface area contributed by atoms with Crippen molar-refractivity contribution in [3.63, 3.8) is 0 Å². The Morgan fingerprint density at radius 2 is 2.11 bits per heavy atom. The monoisotopic (exact) mass is 362 g/mol. The fraction of sp³-hybridized carbons (Fsp3) is 0.105. The van der Waals surface area contributed by atoms with Crippen molar-refractivity contribution in [1.82, 2.24) is 19.9 Å². The molecular formula is C19H14N4O4.